The van der Waals surface area contributed by atoms with Crippen molar-refractivity contribution in [2.24, 2.45) is 11.8 Å². The van der Waals surface area contributed by atoms with E-state index in [1.165, 1.54) is 23.3 Å². The highest BCUT2D eigenvalue weighted by atomic mass is 19.1. The van der Waals surface area contributed by atoms with Crippen molar-refractivity contribution in [1.82, 2.24) is 0 Å². The van der Waals surface area contributed by atoms with Gasteiger partial charge in [-0.3, -0.25) is 0 Å². The first-order valence-electron chi connectivity index (χ1n) is 7.71. The summed E-state index contributed by atoms with van der Waals surface area (Å²) >= 11 is 0. The van der Waals surface area contributed by atoms with E-state index < -0.39 is 0 Å². The monoisotopic (exact) mass is 300 g/mol. The third-order valence-corrected chi connectivity index (χ3v) is 4.51. The van der Waals surface area contributed by atoms with Gasteiger partial charge in [0.2, 0.25) is 0 Å². The van der Waals surface area contributed by atoms with E-state index in [4.69, 9.17) is 4.74 Å². The Morgan fingerprint density at radius 2 is 1.77 bits per heavy atom. The summed E-state index contributed by atoms with van der Waals surface area (Å²) in [6.45, 7) is 2.78. The molecule has 0 bridgehead atoms. The second kappa shape index (κ2) is 6.59. The number of hydrogen-bond donors (Lipinski definition) is 1. The lowest BCUT2D eigenvalue weighted by Gasteiger charge is -2.21. The van der Waals surface area contributed by atoms with Crippen molar-refractivity contribution in [3.05, 3.63) is 71.0 Å². The van der Waals surface area contributed by atoms with E-state index in [1.807, 2.05) is 0 Å². The van der Waals surface area contributed by atoms with Crippen LogP contribution in [0.15, 0.2) is 48.5 Å². The van der Waals surface area contributed by atoms with Crippen LogP contribution in [0.25, 0.3) is 0 Å². The third kappa shape index (κ3) is 3.21. The first kappa shape index (κ1) is 15.2. The van der Waals surface area contributed by atoms with Crippen molar-refractivity contribution in [3.8, 4) is 0 Å². The topological polar surface area (TPSA) is 29.5 Å². The molecule has 2 aromatic rings. The minimum Gasteiger partial charge on any atom is -0.396 e. The number of aliphatic hydroxyl groups excluding tert-OH is 1. The van der Waals surface area contributed by atoms with Crippen LogP contribution in [0.2, 0.25) is 0 Å². The summed E-state index contributed by atoms with van der Waals surface area (Å²) in [6, 6.07) is 14.9. The van der Waals surface area contributed by atoms with Crippen molar-refractivity contribution < 1.29 is 14.2 Å². The van der Waals surface area contributed by atoms with Crippen LogP contribution in [0.4, 0.5) is 4.39 Å². The van der Waals surface area contributed by atoms with Crippen molar-refractivity contribution in [3.63, 3.8) is 0 Å². The molecule has 22 heavy (non-hydrogen) atoms. The first-order chi connectivity index (χ1) is 10.7. The quantitative estimate of drug-likeness (QED) is 0.933. The molecule has 1 N–H and O–H groups in total. The Bertz CT molecular complexity index is 606. The minimum atomic E-state index is -0.251. The maximum atomic E-state index is 13.1. The van der Waals surface area contributed by atoms with Gasteiger partial charge in [-0.05, 0) is 42.5 Å². The highest BCUT2D eigenvalue weighted by Crippen LogP contribution is 2.39. The molecule has 2 aromatic carbocycles. The molecule has 0 saturated carbocycles. The summed E-state index contributed by atoms with van der Waals surface area (Å²) in [5.41, 5.74) is 3.44. The van der Waals surface area contributed by atoms with Gasteiger partial charge >= 0.3 is 0 Å². The summed E-state index contributed by atoms with van der Waals surface area (Å²) in [4.78, 5) is 0. The lowest BCUT2D eigenvalue weighted by Crippen LogP contribution is -2.21. The van der Waals surface area contributed by atoms with Crippen molar-refractivity contribution in [2.75, 3.05) is 13.2 Å². The predicted octanol–water partition coefficient (Wildman–Crippen LogP) is 3.67. The Morgan fingerprint density at radius 1 is 1.09 bits per heavy atom. The normalized spacial score (nSPS) is 24.6. The molecule has 1 fully saturated rings. The van der Waals surface area contributed by atoms with Crippen LogP contribution in [0.1, 0.15) is 22.8 Å². The molecule has 0 unspecified atom stereocenters. The van der Waals surface area contributed by atoms with Gasteiger partial charge in [0.15, 0.2) is 0 Å². The SMILES string of the molecule is Cc1ccc(C[C@H]2CO[C@H](c3ccc(F)cc3)[C@H]2CO)cc1. The smallest absolute Gasteiger partial charge is 0.123 e. The lowest BCUT2D eigenvalue weighted by atomic mass is 9.84. The molecule has 0 radical (unpaired) electrons. The standard InChI is InChI=1S/C19H21FO2/c1-13-2-4-14(5-3-13)10-16-12-22-19(18(16)11-21)15-6-8-17(20)9-7-15/h2-9,16,18-19,21H,10-12H2,1H3/t16-,18-,19+/m0/s1. The number of benzene rings is 2. The number of halogens is 1. The van der Waals surface area contributed by atoms with E-state index in [1.54, 1.807) is 12.1 Å². The van der Waals surface area contributed by atoms with E-state index in [2.05, 4.69) is 31.2 Å². The molecule has 0 spiro atoms. The number of ether oxygens (including phenoxy) is 1. The van der Waals surface area contributed by atoms with Crippen LogP contribution in [0.5, 0.6) is 0 Å². The average Bonchev–Trinajstić information content (AvgIpc) is 2.93. The van der Waals surface area contributed by atoms with Gasteiger partial charge in [0.1, 0.15) is 5.82 Å². The minimum absolute atomic E-state index is 0.0479. The number of aryl methyl sites for hydroxylation is 1. The summed E-state index contributed by atoms with van der Waals surface area (Å²) in [6.07, 6.45) is 0.740. The van der Waals surface area contributed by atoms with E-state index in [0.717, 1.165) is 12.0 Å². The Balaban J connectivity index is 1.74. The van der Waals surface area contributed by atoms with Gasteiger partial charge in [0, 0.05) is 12.5 Å². The van der Waals surface area contributed by atoms with Gasteiger partial charge in [-0.25, -0.2) is 4.39 Å². The van der Waals surface area contributed by atoms with Gasteiger partial charge in [-0.1, -0.05) is 42.0 Å². The van der Waals surface area contributed by atoms with Gasteiger partial charge in [-0.15, -0.1) is 0 Å². The fourth-order valence-corrected chi connectivity index (χ4v) is 3.20. The molecule has 1 aliphatic rings. The van der Waals surface area contributed by atoms with Crippen LogP contribution in [0.3, 0.4) is 0 Å². The van der Waals surface area contributed by atoms with E-state index in [-0.39, 0.29) is 30.4 Å². The van der Waals surface area contributed by atoms with Crippen LogP contribution >= 0.6 is 0 Å². The van der Waals surface area contributed by atoms with E-state index in [0.29, 0.717) is 6.61 Å². The highest BCUT2D eigenvalue weighted by Gasteiger charge is 2.37. The second-order valence-electron chi connectivity index (χ2n) is 6.10. The van der Waals surface area contributed by atoms with Gasteiger partial charge < -0.3 is 9.84 Å². The molecule has 1 saturated heterocycles. The predicted molar refractivity (Wildman–Crippen MR) is 84.0 cm³/mol. The van der Waals surface area contributed by atoms with Gasteiger partial charge in [-0.2, -0.15) is 0 Å². The maximum Gasteiger partial charge on any atom is 0.123 e. The number of rotatable bonds is 4. The lowest BCUT2D eigenvalue weighted by molar-refractivity contribution is 0.0718. The zero-order chi connectivity index (χ0) is 15.5. The van der Waals surface area contributed by atoms with Crippen molar-refractivity contribution >= 4 is 0 Å². The third-order valence-electron chi connectivity index (χ3n) is 4.51. The Kier molecular flexibility index (Phi) is 4.55. The summed E-state index contributed by atoms with van der Waals surface area (Å²) in [5, 5.41) is 9.79. The zero-order valence-corrected chi connectivity index (χ0v) is 12.7. The number of aliphatic hydroxyl groups is 1. The van der Waals surface area contributed by atoms with Crippen LogP contribution in [-0.2, 0) is 11.2 Å². The fraction of sp³-hybridized carbons (Fsp3) is 0.368. The highest BCUT2D eigenvalue weighted by molar-refractivity contribution is 5.24. The van der Waals surface area contributed by atoms with Crippen molar-refractivity contribution in [2.45, 2.75) is 19.4 Å². The first-order valence-corrected chi connectivity index (χ1v) is 7.71. The average molecular weight is 300 g/mol. The molecule has 3 atom stereocenters. The molecule has 0 aromatic heterocycles. The molecule has 1 aliphatic heterocycles. The van der Waals surface area contributed by atoms with Crippen molar-refractivity contribution in [1.29, 1.82) is 0 Å². The fourth-order valence-electron chi connectivity index (χ4n) is 3.20. The summed E-state index contributed by atoms with van der Waals surface area (Å²) in [5.74, 6) is 0.0769. The summed E-state index contributed by atoms with van der Waals surface area (Å²) in [7, 11) is 0. The Hall–Kier alpha value is -1.71. The van der Waals surface area contributed by atoms with Gasteiger partial charge in [0.25, 0.3) is 0 Å². The van der Waals surface area contributed by atoms with Gasteiger partial charge in [0.05, 0.1) is 12.7 Å². The molecular formula is C19H21FO2. The van der Waals surface area contributed by atoms with E-state index >= 15 is 0 Å². The molecule has 0 aliphatic carbocycles. The Morgan fingerprint density at radius 3 is 2.41 bits per heavy atom. The Labute approximate surface area is 130 Å². The molecule has 116 valence electrons. The molecule has 3 heteroatoms. The maximum absolute atomic E-state index is 13.1. The molecular weight excluding hydrogens is 279 g/mol. The zero-order valence-electron chi connectivity index (χ0n) is 12.7. The summed E-state index contributed by atoms with van der Waals surface area (Å²) < 4.78 is 19.0. The molecule has 1 heterocycles. The largest absolute Gasteiger partial charge is 0.396 e. The molecule has 0 amide bonds. The molecule has 3 rings (SSSR count). The second-order valence-corrected chi connectivity index (χ2v) is 6.10. The number of hydrogen-bond acceptors (Lipinski definition) is 2. The van der Waals surface area contributed by atoms with Crippen LogP contribution in [-0.4, -0.2) is 18.3 Å². The molecule has 2 nitrogen and oxygen atoms in total. The van der Waals surface area contributed by atoms with E-state index in [9.17, 15) is 9.50 Å². The van der Waals surface area contributed by atoms with Crippen LogP contribution < -0.4 is 0 Å². The van der Waals surface area contributed by atoms with Crippen LogP contribution in [0, 0.1) is 24.6 Å².